The zero-order valence-electron chi connectivity index (χ0n) is 16.2. The Labute approximate surface area is 178 Å². The molecule has 0 atom stereocenters. The molecule has 1 amide bonds. The van der Waals surface area contributed by atoms with Gasteiger partial charge in [-0.25, -0.2) is 0 Å². The average Bonchev–Trinajstić information content (AvgIpc) is 3.20. The third-order valence-electron chi connectivity index (χ3n) is 5.03. The van der Waals surface area contributed by atoms with Crippen molar-refractivity contribution in [3.05, 3.63) is 64.0 Å². The number of aryl methyl sites for hydroxylation is 2. The van der Waals surface area contributed by atoms with E-state index in [0.717, 1.165) is 28.6 Å². The van der Waals surface area contributed by atoms with Crippen LogP contribution in [0.5, 0.6) is 5.75 Å². The summed E-state index contributed by atoms with van der Waals surface area (Å²) in [6, 6.07) is 13.8. The Hall–Kier alpha value is -2.67. The summed E-state index contributed by atoms with van der Waals surface area (Å²) in [7, 11) is 1.70. The van der Waals surface area contributed by atoms with Gasteiger partial charge < -0.3 is 14.2 Å². The van der Waals surface area contributed by atoms with E-state index in [1.807, 2.05) is 30.3 Å². The van der Waals surface area contributed by atoms with Crippen LogP contribution in [0.25, 0.3) is 11.4 Å². The number of hydrogen-bond acceptors (Lipinski definition) is 5. The molecule has 0 N–H and O–H groups in total. The lowest BCUT2D eigenvalue weighted by Crippen LogP contribution is -2.31. The van der Waals surface area contributed by atoms with Crippen LogP contribution >= 0.6 is 15.9 Å². The van der Waals surface area contributed by atoms with Gasteiger partial charge in [0.15, 0.2) is 6.61 Å². The Morgan fingerprint density at radius 1 is 1.17 bits per heavy atom. The Bertz CT molecular complexity index is 1020. The molecular formula is C22H22BrN3O3. The van der Waals surface area contributed by atoms with Crippen molar-refractivity contribution in [2.24, 2.45) is 0 Å². The van der Waals surface area contributed by atoms with E-state index < -0.39 is 0 Å². The number of aromatic nitrogens is 2. The van der Waals surface area contributed by atoms with Gasteiger partial charge in [-0.2, -0.15) is 4.98 Å². The molecule has 0 aliphatic heterocycles. The molecule has 1 heterocycles. The predicted molar refractivity (Wildman–Crippen MR) is 112 cm³/mol. The quantitative estimate of drug-likeness (QED) is 0.550. The highest BCUT2D eigenvalue weighted by molar-refractivity contribution is 9.10. The molecule has 4 rings (SSSR count). The highest BCUT2D eigenvalue weighted by atomic mass is 79.9. The largest absolute Gasteiger partial charge is 0.484 e. The summed E-state index contributed by atoms with van der Waals surface area (Å²) >= 11 is 3.43. The van der Waals surface area contributed by atoms with Crippen molar-refractivity contribution in [1.82, 2.24) is 15.0 Å². The lowest BCUT2D eigenvalue weighted by atomic mass is 9.92. The van der Waals surface area contributed by atoms with Gasteiger partial charge in [-0.05, 0) is 61.1 Å². The van der Waals surface area contributed by atoms with Crippen LogP contribution in [0.1, 0.15) is 29.9 Å². The Balaban J connectivity index is 1.33. The minimum atomic E-state index is -0.148. The summed E-state index contributed by atoms with van der Waals surface area (Å²) in [6.45, 7) is 0.204. The number of ether oxygens (including phenoxy) is 1. The number of carbonyl (C=O) groups is 1. The van der Waals surface area contributed by atoms with E-state index in [0.29, 0.717) is 11.7 Å². The van der Waals surface area contributed by atoms with Crippen molar-refractivity contribution in [3.8, 4) is 17.1 Å². The van der Waals surface area contributed by atoms with Crippen LogP contribution in [0.3, 0.4) is 0 Å². The average molecular weight is 456 g/mol. The van der Waals surface area contributed by atoms with E-state index in [1.54, 1.807) is 7.05 Å². The minimum Gasteiger partial charge on any atom is -0.484 e. The molecule has 1 aliphatic rings. The van der Waals surface area contributed by atoms with Gasteiger partial charge in [0, 0.05) is 17.1 Å². The maximum atomic E-state index is 12.4. The van der Waals surface area contributed by atoms with Crippen LogP contribution in [0, 0.1) is 0 Å². The molecular weight excluding hydrogens is 434 g/mol. The van der Waals surface area contributed by atoms with Gasteiger partial charge in [-0.15, -0.1) is 0 Å². The summed E-state index contributed by atoms with van der Waals surface area (Å²) in [6.07, 6.45) is 4.67. The number of carbonyl (C=O) groups excluding carboxylic acids is 1. The first-order chi connectivity index (χ1) is 14.1. The molecule has 1 aliphatic carbocycles. The number of likely N-dealkylation sites (N-methyl/N-ethyl adjacent to an activating group) is 1. The summed E-state index contributed by atoms with van der Waals surface area (Å²) < 4.78 is 11.9. The van der Waals surface area contributed by atoms with Gasteiger partial charge in [0.2, 0.25) is 11.7 Å². The number of hydrogen-bond donors (Lipinski definition) is 0. The molecule has 150 valence electrons. The van der Waals surface area contributed by atoms with Gasteiger partial charge in [0.05, 0.1) is 6.54 Å². The third kappa shape index (κ3) is 4.85. The van der Waals surface area contributed by atoms with Crippen molar-refractivity contribution in [2.45, 2.75) is 32.2 Å². The Morgan fingerprint density at radius 3 is 2.83 bits per heavy atom. The number of benzene rings is 2. The number of rotatable bonds is 6. The number of amides is 1. The number of nitrogens with zero attached hydrogens (tertiary/aromatic N) is 3. The van der Waals surface area contributed by atoms with Gasteiger partial charge in [-0.1, -0.05) is 39.3 Å². The van der Waals surface area contributed by atoms with Gasteiger partial charge >= 0.3 is 0 Å². The molecule has 0 bridgehead atoms. The van der Waals surface area contributed by atoms with Crippen molar-refractivity contribution in [2.75, 3.05) is 13.7 Å². The Kier molecular flexibility index (Phi) is 5.94. The second-order valence-corrected chi connectivity index (χ2v) is 8.11. The minimum absolute atomic E-state index is 0.0259. The second-order valence-electron chi connectivity index (χ2n) is 7.20. The van der Waals surface area contributed by atoms with Gasteiger partial charge in [0.25, 0.3) is 5.91 Å². The van der Waals surface area contributed by atoms with E-state index in [1.165, 1.54) is 28.9 Å². The smallest absolute Gasteiger partial charge is 0.260 e. The predicted octanol–water partition coefficient (Wildman–Crippen LogP) is 4.42. The van der Waals surface area contributed by atoms with Crippen molar-refractivity contribution in [1.29, 1.82) is 0 Å². The van der Waals surface area contributed by atoms with E-state index in [9.17, 15) is 4.79 Å². The fraction of sp³-hybridized carbons (Fsp3) is 0.318. The molecule has 0 unspecified atom stereocenters. The first kappa shape index (κ1) is 19.6. The molecule has 7 heteroatoms. The monoisotopic (exact) mass is 455 g/mol. The molecule has 0 saturated heterocycles. The van der Waals surface area contributed by atoms with Crippen LogP contribution in [-0.4, -0.2) is 34.6 Å². The molecule has 0 spiro atoms. The molecule has 1 aromatic heterocycles. The van der Waals surface area contributed by atoms with Crippen molar-refractivity contribution in [3.63, 3.8) is 0 Å². The Morgan fingerprint density at radius 2 is 2.00 bits per heavy atom. The van der Waals surface area contributed by atoms with Crippen LogP contribution < -0.4 is 4.74 Å². The molecule has 0 fully saturated rings. The summed E-state index contributed by atoms with van der Waals surface area (Å²) in [5.74, 6) is 1.46. The number of halogens is 1. The fourth-order valence-electron chi connectivity index (χ4n) is 3.41. The van der Waals surface area contributed by atoms with Crippen LogP contribution in [0.15, 0.2) is 51.5 Å². The van der Waals surface area contributed by atoms with Gasteiger partial charge in [0.1, 0.15) is 5.75 Å². The van der Waals surface area contributed by atoms with E-state index in [2.05, 4.69) is 38.2 Å². The van der Waals surface area contributed by atoms with Crippen LogP contribution in [0.2, 0.25) is 0 Å². The molecule has 3 aromatic rings. The fourth-order valence-corrected chi connectivity index (χ4v) is 3.81. The molecule has 0 saturated carbocycles. The maximum absolute atomic E-state index is 12.4. The highest BCUT2D eigenvalue weighted by Crippen LogP contribution is 2.25. The molecule has 0 radical (unpaired) electrons. The van der Waals surface area contributed by atoms with Crippen LogP contribution in [0.4, 0.5) is 0 Å². The van der Waals surface area contributed by atoms with Gasteiger partial charge in [-0.3, -0.25) is 4.79 Å². The standard InChI is InChI=1S/C22H22BrN3O3/c1-26(13-20-24-22(25-29-20)17-7-4-8-18(23)11-17)21(27)14-28-19-10-9-15-5-2-3-6-16(15)12-19/h4,7-12H,2-3,5-6,13-14H2,1H3. The van der Waals surface area contributed by atoms with E-state index >= 15 is 0 Å². The SMILES string of the molecule is CN(Cc1nc(-c2cccc(Br)c2)no1)C(=O)COc1ccc2c(c1)CCCC2. The topological polar surface area (TPSA) is 68.5 Å². The summed E-state index contributed by atoms with van der Waals surface area (Å²) in [4.78, 5) is 18.3. The summed E-state index contributed by atoms with van der Waals surface area (Å²) in [5.41, 5.74) is 3.57. The summed E-state index contributed by atoms with van der Waals surface area (Å²) in [5, 5.41) is 4.00. The molecule has 29 heavy (non-hydrogen) atoms. The lowest BCUT2D eigenvalue weighted by molar-refractivity contribution is -0.132. The first-order valence-electron chi connectivity index (χ1n) is 9.65. The first-order valence-corrected chi connectivity index (χ1v) is 10.4. The zero-order chi connectivity index (χ0) is 20.2. The van der Waals surface area contributed by atoms with E-state index in [4.69, 9.17) is 9.26 Å². The second kappa shape index (κ2) is 8.78. The molecule has 6 nitrogen and oxygen atoms in total. The normalized spacial score (nSPS) is 13.0. The van der Waals surface area contributed by atoms with Crippen molar-refractivity contribution >= 4 is 21.8 Å². The van der Waals surface area contributed by atoms with Crippen LogP contribution in [-0.2, 0) is 24.2 Å². The van der Waals surface area contributed by atoms with Crippen molar-refractivity contribution < 1.29 is 14.1 Å². The highest BCUT2D eigenvalue weighted by Gasteiger charge is 2.16. The number of fused-ring (bicyclic) bond motifs is 1. The van der Waals surface area contributed by atoms with E-state index in [-0.39, 0.29) is 19.1 Å². The molecule has 2 aromatic carbocycles. The maximum Gasteiger partial charge on any atom is 0.260 e. The third-order valence-corrected chi connectivity index (χ3v) is 5.52. The lowest BCUT2D eigenvalue weighted by Gasteiger charge is -2.18. The zero-order valence-corrected chi connectivity index (χ0v) is 17.8.